The number of benzene rings is 1. The van der Waals surface area contributed by atoms with Crippen molar-refractivity contribution >= 4 is 23.3 Å². The van der Waals surface area contributed by atoms with Crippen LogP contribution < -0.4 is 15.0 Å². The van der Waals surface area contributed by atoms with E-state index in [1.807, 2.05) is 38.1 Å². The number of amides is 1. The van der Waals surface area contributed by atoms with Gasteiger partial charge in [0, 0.05) is 24.8 Å². The second-order valence-electron chi connectivity index (χ2n) is 9.37. The minimum Gasteiger partial charge on any atom is -0.494 e. The number of aryl methyl sites for hydroxylation is 2. The Kier molecular flexibility index (Phi) is 8.29. The van der Waals surface area contributed by atoms with E-state index in [1.54, 1.807) is 6.20 Å². The van der Waals surface area contributed by atoms with Crippen molar-refractivity contribution < 1.29 is 19.4 Å². The van der Waals surface area contributed by atoms with Gasteiger partial charge in [0.05, 0.1) is 37.0 Å². The van der Waals surface area contributed by atoms with Crippen LogP contribution in [0, 0.1) is 19.8 Å². The Hall–Kier alpha value is -2.35. The van der Waals surface area contributed by atoms with Gasteiger partial charge >= 0.3 is 0 Å². The van der Waals surface area contributed by atoms with E-state index in [4.69, 9.17) is 21.1 Å². The maximum Gasteiger partial charge on any atom is 0.252 e. The first-order chi connectivity index (χ1) is 16.4. The first-order valence-corrected chi connectivity index (χ1v) is 12.5. The fraction of sp³-hybridized carbons (Fsp3) is 0.538. The molecule has 7 nitrogen and oxygen atoms in total. The van der Waals surface area contributed by atoms with Gasteiger partial charge in [0.15, 0.2) is 0 Å². The molecule has 0 spiro atoms. The predicted molar refractivity (Wildman–Crippen MR) is 133 cm³/mol. The zero-order valence-corrected chi connectivity index (χ0v) is 20.7. The third-order valence-corrected chi connectivity index (χ3v) is 7.00. The normalized spacial score (nSPS) is 21.0. The lowest BCUT2D eigenvalue weighted by atomic mass is 9.92. The van der Waals surface area contributed by atoms with E-state index in [0.29, 0.717) is 29.7 Å². The number of aromatic nitrogens is 1. The van der Waals surface area contributed by atoms with Crippen LogP contribution in [0.25, 0.3) is 0 Å². The zero-order valence-electron chi connectivity index (χ0n) is 19.9. The van der Waals surface area contributed by atoms with Gasteiger partial charge in [-0.25, -0.2) is 4.98 Å². The lowest BCUT2D eigenvalue weighted by Crippen LogP contribution is -2.42. The SMILES string of the molecule is Cc1cc(OCCCC2CCN(c3ccc(Cl)cn3)CC2)cc(C)c1C(=O)N[C@H]1COC[C@@H]1O. The van der Waals surface area contributed by atoms with Gasteiger partial charge in [-0.2, -0.15) is 0 Å². The highest BCUT2D eigenvalue weighted by molar-refractivity contribution is 6.30. The van der Waals surface area contributed by atoms with Crippen molar-refractivity contribution in [1.82, 2.24) is 10.3 Å². The molecule has 184 valence electrons. The van der Waals surface area contributed by atoms with Crippen LogP contribution >= 0.6 is 11.6 Å². The maximum absolute atomic E-state index is 12.7. The van der Waals surface area contributed by atoms with Crippen LogP contribution in [0.15, 0.2) is 30.5 Å². The predicted octanol–water partition coefficient (Wildman–Crippen LogP) is 3.92. The molecule has 2 aliphatic rings. The van der Waals surface area contributed by atoms with Gasteiger partial charge in [-0.1, -0.05) is 11.6 Å². The number of pyridine rings is 1. The highest BCUT2D eigenvalue weighted by Gasteiger charge is 2.28. The lowest BCUT2D eigenvalue weighted by Gasteiger charge is -2.32. The summed E-state index contributed by atoms with van der Waals surface area (Å²) in [7, 11) is 0. The van der Waals surface area contributed by atoms with Crippen molar-refractivity contribution in [2.45, 2.75) is 51.7 Å². The summed E-state index contributed by atoms with van der Waals surface area (Å²) in [6, 6.07) is 7.35. The molecule has 8 heteroatoms. The summed E-state index contributed by atoms with van der Waals surface area (Å²) in [5, 5.41) is 13.4. The number of rotatable bonds is 8. The Balaban J connectivity index is 1.21. The molecule has 2 aliphatic heterocycles. The van der Waals surface area contributed by atoms with Crippen molar-refractivity contribution in [3.05, 3.63) is 52.2 Å². The summed E-state index contributed by atoms with van der Waals surface area (Å²) in [6.45, 7) is 7.13. The van der Waals surface area contributed by atoms with E-state index < -0.39 is 6.10 Å². The standard InChI is InChI=1S/C26H34ClN3O4/c1-17-12-21(13-18(2)25(17)26(32)29-22-15-33-16-23(22)31)34-11-3-4-19-7-9-30(10-8-19)24-6-5-20(27)14-28-24/h5-6,12-14,19,22-23,31H,3-4,7-11,15-16H2,1-2H3,(H,29,32)/t22-,23-/m0/s1. The summed E-state index contributed by atoms with van der Waals surface area (Å²) in [5.41, 5.74) is 2.36. The highest BCUT2D eigenvalue weighted by atomic mass is 35.5. The number of anilines is 1. The molecule has 0 unspecified atom stereocenters. The number of halogens is 1. The minimum absolute atomic E-state index is 0.184. The number of carbonyl (C=O) groups excluding carboxylic acids is 1. The molecule has 34 heavy (non-hydrogen) atoms. The molecule has 2 N–H and O–H groups in total. The number of aliphatic hydroxyl groups excluding tert-OH is 1. The third-order valence-electron chi connectivity index (χ3n) is 6.78. The van der Waals surface area contributed by atoms with E-state index in [2.05, 4.69) is 15.2 Å². The smallest absolute Gasteiger partial charge is 0.252 e. The quantitative estimate of drug-likeness (QED) is 0.549. The van der Waals surface area contributed by atoms with Crippen molar-refractivity contribution in [1.29, 1.82) is 0 Å². The first-order valence-electron chi connectivity index (χ1n) is 12.1. The van der Waals surface area contributed by atoms with Gasteiger partial charge in [0.2, 0.25) is 0 Å². The maximum atomic E-state index is 12.7. The van der Waals surface area contributed by atoms with Crippen LogP contribution in [0.1, 0.15) is 47.2 Å². The zero-order chi connectivity index (χ0) is 24.1. The van der Waals surface area contributed by atoms with Gasteiger partial charge in [-0.3, -0.25) is 4.79 Å². The molecule has 0 bridgehead atoms. The van der Waals surface area contributed by atoms with Crippen molar-refractivity contribution in [3.8, 4) is 5.75 Å². The van der Waals surface area contributed by atoms with E-state index >= 15 is 0 Å². The molecule has 2 atom stereocenters. The Labute approximate surface area is 206 Å². The van der Waals surface area contributed by atoms with E-state index in [-0.39, 0.29) is 18.6 Å². The Morgan fingerprint density at radius 1 is 1.24 bits per heavy atom. The molecule has 2 saturated heterocycles. The molecule has 1 amide bonds. The fourth-order valence-corrected chi connectivity index (χ4v) is 4.97. The first kappa shape index (κ1) is 24.8. The molecule has 0 aliphatic carbocycles. The van der Waals surface area contributed by atoms with Crippen molar-refractivity contribution in [2.24, 2.45) is 5.92 Å². The summed E-state index contributed by atoms with van der Waals surface area (Å²) in [4.78, 5) is 19.5. The molecule has 0 saturated carbocycles. The van der Waals surface area contributed by atoms with E-state index in [0.717, 1.165) is 61.5 Å². The Morgan fingerprint density at radius 2 is 1.97 bits per heavy atom. The van der Waals surface area contributed by atoms with Crippen LogP contribution in [0.2, 0.25) is 5.02 Å². The number of hydrogen-bond donors (Lipinski definition) is 2. The molecular formula is C26H34ClN3O4. The Morgan fingerprint density at radius 3 is 2.59 bits per heavy atom. The monoisotopic (exact) mass is 487 g/mol. The number of piperidine rings is 1. The number of hydrogen-bond acceptors (Lipinski definition) is 6. The summed E-state index contributed by atoms with van der Waals surface area (Å²) >= 11 is 5.94. The number of nitrogens with zero attached hydrogens (tertiary/aromatic N) is 2. The molecule has 1 aromatic heterocycles. The van der Waals surface area contributed by atoms with Gasteiger partial charge in [-0.05, 0) is 80.8 Å². The Bertz CT molecular complexity index is 954. The highest BCUT2D eigenvalue weighted by Crippen LogP contribution is 2.26. The average molecular weight is 488 g/mol. The summed E-state index contributed by atoms with van der Waals surface area (Å²) in [6.07, 6.45) is 5.52. The molecule has 3 heterocycles. The topological polar surface area (TPSA) is 83.9 Å². The van der Waals surface area contributed by atoms with Crippen LogP contribution in [-0.4, -0.2) is 61.1 Å². The van der Waals surface area contributed by atoms with Gasteiger partial charge in [-0.15, -0.1) is 0 Å². The fourth-order valence-electron chi connectivity index (χ4n) is 4.85. The van der Waals surface area contributed by atoms with Gasteiger partial charge in [0.25, 0.3) is 5.91 Å². The molecule has 2 fully saturated rings. The minimum atomic E-state index is -0.659. The van der Waals surface area contributed by atoms with Gasteiger partial charge < -0.3 is 24.8 Å². The van der Waals surface area contributed by atoms with Crippen LogP contribution in [-0.2, 0) is 4.74 Å². The van der Waals surface area contributed by atoms with Crippen LogP contribution in [0.5, 0.6) is 5.75 Å². The summed E-state index contributed by atoms with van der Waals surface area (Å²) in [5.74, 6) is 2.31. The molecule has 2 aromatic rings. The van der Waals surface area contributed by atoms with E-state index in [9.17, 15) is 9.90 Å². The largest absolute Gasteiger partial charge is 0.494 e. The molecule has 4 rings (SSSR count). The second-order valence-corrected chi connectivity index (χ2v) is 9.81. The molecule has 1 aromatic carbocycles. The number of nitrogens with one attached hydrogen (secondary N) is 1. The number of ether oxygens (including phenoxy) is 2. The summed E-state index contributed by atoms with van der Waals surface area (Å²) < 4.78 is 11.2. The lowest BCUT2D eigenvalue weighted by molar-refractivity contribution is 0.0885. The van der Waals surface area contributed by atoms with Crippen LogP contribution in [0.3, 0.4) is 0 Å². The molecule has 0 radical (unpaired) electrons. The van der Waals surface area contributed by atoms with E-state index in [1.165, 1.54) is 0 Å². The number of aliphatic hydroxyl groups is 1. The van der Waals surface area contributed by atoms with Crippen molar-refractivity contribution in [3.63, 3.8) is 0 Å². The average Bonchev–Trinajstić information content (AvgIpc) is 3.21. The second kappa shape index (κ2) is 11.4. The van der Waals surface area contributed by atoms with Crippen LogP contribution in [0.4, 0.5) is 5.82 Å². The van der Waals surface area contributed by atoms with Gasteiger partial charge in [0.1, 0.15) is 11.6 Å². The van der Waals surface area contributed by atoms with Crippen molar-refractivity contribution in [2.75, 3.05) is 37.8 Å². The number of carbonyl (C=O) groups is 1. The third kappa shape index (κ3) is 6.20. The molecular weight excluding hydrogens is 454 g/mol.